The quantitative estimate of drug-likeness (QED) is 0.416. The monoisotopic (exact) mass is 318 g/mol. The Labute approximate surface area is 142 Å². The zero-order chi connectivity index (χ0) is 16.1. The zero-order valence-electron chi connectivity index (χ0n) is 12.7. The smallest absolute Gasteiger partial charge is 0.134 e. The first-order valence-corrected chi connectivity index (χ1v) is 8.11. The van der Waals surface area contributed by atoms with Crippen LogP contribution in [0.3, 0.4) is 0 Å². The van der Waals surface area contributed by atoms with E-state index in [4.69, 9.17) is 0 Å². The standard InChI is InChI=1S/C21H18OS/c22-16-20(23)21(17-10-4-1-5-11-17,18-12-6-2-7-13-18)19-14-8-3-9-15-19/h1-16,20,23H. The van der Waals surface area contributed by atoms with Gasteiger partial charge in [-0.3, -0.25) is 0 Å². The van der Waals surface area contributed by atoms with E-state index in [1.54, 1.807) is 0 Å². The number of benzene rings is 3. The van der Waals surface area contributed by atoms with Gasteiger partial charge in [0.05, 0.1) is 10.7 Å². The highest BCUT2D eigenvalue weighted by atomic mass is 32.1. The van der Waals surface area contributed by atoms with Crippen molar-refractivity contribution in [3.05, 3.63) is 108 Å². The minimum absolute atomic E-state index is 0.491. The lowest BCUT2D eigenvalue weighted by Crippen LogP contribution is -2.40. The molecule has 0 radical (unpaired) electrons. The van der Waals surface area contributed by atoms with E-state index >= 15 is 0 Å². The second-order valence-electron chi connectivity index (χ2n) is 5.49. The summed E-state index contributed by atoms with van der Waals surface area (Å²) in [7, 11) is 0. The predicted octanol–water partition coefficient (Wildman–Crippen LogP) is 4.52. The van der Waals surface area contributed by atoms with E-state index in [9.17, 15) is 4.79 Å². The van der Waals surface area contributed by atoms with Gasteiger partial charge >= 0.3 is 0 Å². The third kappa shape index (κ3) is 2.71. The average molecular weight is 318 g/mol. The second-order valence-corrected chi connectivity index (χ2v) is 6.04. The van der Waals surface area contributed by atoms with E-state index < -0.39 is 10.7 Å². The number of thiol groups is 1. The van der Waals surface area contributed by atoms with Gasteiger partial charge in [0.2, 0.25) is 0 Å². The molecule has 0 saturated carbocycles. The fourth-order valence-corrected chi connectivity index (χ4v) is 3.66. The van der Waals surface area contributed by atoms with Gasteiger partial charge in [-0.2, -0.15) is 12.6 Å². The Bertz CT molecular complexity index is 657. The highest BCUT2D eigenvalue weighted by Crippen LogP contribution is 2.43. The van der Waals surface area contributed by atoms with Gasteiger partial charge in [0.1, 0.15) is 6.29 Å². The lowest BCUT2D eigenvalue weighted by atomic mass is 9.67. The van der Waals surface area contributed by atoms with Crippen LogP contribution in [0.25, 0.3) is 0 Å². The van der Waals surface area contributed by atoms with E-state index in [0.717, 1.165) is 23.0 Å². The molecule has 0 aliphatic rings. The van der Waals surface area contributed by atoms with Crippen LogP contribution < -0.4 is 0 Å². The van der Waals surface area contributed by atoms with Gasteiger partial charge in [-0.25, -0.2) is 0 Å². The van der Waals surface area contributed by atoms with Crippen LogP contribution in [0.2, 0.25) is 0 Å². The van der Waals surface area contributed by atoms with Gasteiger partial charge in [-0.1, -0.05) is 91.0 Å². The first-order chi connectivity index (χ1) is 11.3. The number of hydrogen-bond donors (Lipinski definition) is 1. The highest BCUT2D eigenvalue weighted by molar-refractivity contribution is 7.81. The molecule has 0 saturated heterocycles. The van der Waals surface area contributed by atoms with Gasteiger partial charge in [0.25, 0.3) is 0 Å². The molecule has 0 spiro atoms. The number of hydrogen-bond acceptors (Lipinski definition) is 2. The highest BCUT2D eigenvalue weighted by Gasteiger charge is 2.42. The van der Waals surface area contributed by atoms with Crippen LogP contribution in [0, 0.1) is 0 Å². The molecule has 1 atom stereocenters. The Morgan fingerprint density at radius 1 is 0.652 bits per heavy atom. The van der Waals surface area contributed by atoms with Crippen LogP contribution in [-0.2, 0) is 10.2 Å². The third-order valence-electron chi connectivity index (χ3n) is 4.26. The maximum Gasteiger partial charge on any atom is 0.134 e. The topological polar surface area (TPSA) is 17.1 Å². The summed E-state index contributed by atoms with van der Waals surface area (Å²) in [4.78, 5) is 11.8. The first kappa shape index (κ1) is 15.6. The van der Waals surface area contributed by atoms with Gasteiger partial charge in [0.15, 0.2) is 0 Å². The molecule has 0 aliphatic carbocycles. The molecule has 1 unspecified atom stereocenters. The van der Waals surface area contributed by atoms with Crippen molar-refractivity contribution in [3.8, 4) is 0 Å². The van der Waals surface area contributed by atoms with E-state index in [-0.39, 0.29) is 0 Å². The summed E-state index contributed by atoms with van der Waals surface area (Å²) < 4.78 is 0. The molecule has 0 fully saturated rings. The largest absolute Gasteiger partial charge is 0.302 e. The van der Waals surface area contributed by atoms with E-state index in [2.05, 4.69) is 49.0 Å². The van der Waals surface area contributed by atoms with Crippen molar-refractivity contribution in [1.82, 2.24) is 0 Å². The molecule has 0 N–H and O–H groups in total. The Morgan fingerprint density at radius 2 is 0.957 bits per heavy atom. The summed E-state index contributed by atoms with van der Waals surface area (Å²) in [5.74, 6) is 0. The zero-order valence-corrected chi connectivity index (χ0v) is 13.6. The van der Waals surface area contributed by atoms with Crippen molar-refractivity contribution in [2.75, 3.05) is 0 Å². The van der Waals surface area contributed by atoms with Crippen LogP contribution in [-0.4, -0.2) is 11.5 Å². The minimum Gasteiger partial charge on any atom is -0.302 e. The molecule has 1 nitrogen and oxygen atoms in total. The van der Waals surface area contributed by atoms with Crippen molar-refractivity contribution < 1.29 is 4.79 Å². The van der Waals surface area contributed by atoms with Crippen LogP contribution in [0.15, 0.2) is 91.0 Å². The molecule has 0 amide bonds. The van der Waals surface area contributed by atoms with Crippen LogP contribution in [0.5, 0.6) is 0 Å². The Hall–Kier alpha value is -2.32. The Morgan fingerprint density at radius 3 is 1.22 bits per heavy atom. The molecule has 0 aliphatic heterocycles. The molecule has 0 bridgehead atoms. The van der Waals surface area contributed by atoms with Crippen molar-refractivity contribution in [2.24, 2.45) is 0 Å². The fraction of sp³-hybridized carbons (Fsp3) is 0.0952. The van der Waals surface area contributed by atoms with Gasteiger partial charge < -0.3 is 4.79 Å². The normalized spacial score (nSPS) is 12.6. The summed E-state index contributed by atoms with van der Waals surface area (Å²) in [5, 5.41) is -0.491. The van der Waals surface area contributed by atoms with Crippen molar-refractivity contribution in [1.29, 1.82) is 0 Å². The maximum atomic E-state index is 11.8. The summed E-state index contributed by atoms with van der Waals surface area (Å²) in [6.07, 6.45) is 0.927. The predicted molar refractivity (Wildman–Crippen MR) is 98.0 cm³/mol. The SMILES string of the molecule is O=CC(S)C(c1ccccc1)(c1ccccc1)c1ccccc1. The summed E-state index contributed by atoms with van der Waals surface area (Å²) in [5.41, 5.74) is 2.56. The lowest BCUT2D eigenvalue weighted by molar-refractivity contribution is -0.108. The van der Waals surface area contributed by atoms with Crippen LogP contribution in [0.4, 0.5) is 0 Å². The summed E-state index contributed by atoms with van der Waals surface area (Å²) in [6, 6.07) is 30.3. The fourth-order valence-electron chi connectivity index (χ4n) is 3.22. The van der Waals surface area contributed by atoms with Crippen molar-refractivity contribution >= 4 is 18.9 Å². The van der Waals surface area contributed by atoms with E-state index in [1.165, 1.54) is 0 Å². The average Bonchev–Trinajstić information content (AvgIpc) is 2.65. The van der Waals surface area contributed by atoms with Gasteiger partial charge in [-0.05, 0) is 16.7 Å². The first-order valence-electron chi connectivity index (χ1n) is 7.60. The number of rotatable bonds is 5. The molecule has 3 aromatic rings. The molecule has 2 heteroatoms. The molecule has 3 rings (SSSR count). The summed E-state index contributed by atoms with van der Waals surface area (Å²) >= 11 is 4.68. The van der Waals surface area contributed by atoms with E-state index in [1.807, 2.05) is 54.6 Å². The number of carbonyl (C=O) groups is 1. The Kier molecular flexibility index (Phi) is 4.63. The van der Waals surface area contributed by atoms with E-state index in [0.29, 0.717) is 0 Å². The molecular formula is C21H18OS. The molecule has 3 aromatic carbocycles. The molecule has 0 heterocycles. The maximum absolute atomic E-state index is 11.8. The van der Waals surface area contributed by atoms with Crippen LogP contribution in [0.1, 0.15) is 16.7 Å². The minimum atomic E-state index is -0.616. The van der Waals surface area contributed by atoms with Gasteiger partial charge in [-0.15, -0.1) is 0 Å². The number of aldehydes is 1. The molecule has 114 valence electrons. The molecule has 0 aromatic heterocycles. The van der Waals surface area contributed by atoms with Crippen molar-refractivity contribution in [2.45, 2.75) is 10.7 Å². The second kappa shape index (κ2) is 6.84. The van der Waals surface area contributed by atoms with Crippen LogP contribution >= 0.6 is 12.6 Å². The van der Waals surface area contributed by atoms with Gasteiger partial charge in [0, 0.05) is 0 Å². The Balaban J connectivity index is 2.38. The lowest BCUT2D eigenvalue weighted by Gasteiger charge is -2.38. The molecular weight excluding hydrogens is 300 g/mol. The molecule has 23 heavy (non-hydrogen) atoms. The third-order valence-corrected chi connectivity index (χ3v) is 4.77. The number of carbonyl (C=O) groups excluding carboxylic acids is 1. The summed E-state index contributed by atoms with van der Waals surface area (Å²) in [6.45, 7) is 0. The van der Waals surface area contributed by atoms with Crippen molar-refractivity contribution in [3.63, 3.8) is 0 Å².